The van der Waals surface area contributed by atoms with Gasteiger partial charge in [0.05, 0.1) is 5.69 Å². The molecule has 0 spiro atoms. The Morgan fingerprint density at radius 1 is 0.862 bits per heavy atom. The van der Waals surface area contributed by atoms with Gasteiger partial charge in [-0.2, -0.15) is 5.10 Å². The van der Waals surface area contributed by atoms with Crippen LogP contribution >= 0.6 is 0 Å². The van der Waals surface area contributed by atoms with E-state index in [1.807, 2.05) is 11.0 Å². The topological polar surface area (TPSA) is 52.2 Å². The lowest BCUT2D eigenvalue weighted by molar-refractivity contribution is 0.0741. The molecule has 5 heteroatoms. The van der Waals surface area contributed by atoms with Gasteiger partial charge in [-0.15, -0.1) is 0 Å². The Hall–Kier alpha value is -3.08. The number of benzene rings is 2. The maximum atomic E-state index is 13.0. The van der Waals surface area contributed by atoms with Crippen LogP contribution < -0.4 is 4.90 Å². The Morgan fingerprint density at radius 3 is 2.31 bits per heavy atom. The van der Waals surface area contributed by atoms with Gasteiger partial charge >= 0.3 is 0 Å². The Balaban J connectivity index is 1.44. The summed E-state index contributed by atoms with van der Waals surface area (Å²) in [6.45, 7) is 11.6. The van der Waals surface area contributed by atoms with Crippen molar-refractivity contribution >= 4 is 11.6 Å². The lowest BCUT2D eigenvalue weighted by Gasteiger charge is -2.36. The lowest BCUT2D eigenvalue weighted by Crippen LogP contribution is -2.49. The number of aromatic amines is 1. The molecule has 1 amide bonds. The normalized spacial score (nSPS) is 14.3. The molecular weight excluding hydrogens is 360 g/mol. The maximum absolute atomic E-state index is 13.0. The van der Waals surface area contributed by atoms with Gasteiger partial charge in [0.1, 0.15) is 5.69 Å². The number of hydrogen-bond donors (Lipinski definition) is 1. The van der Waals surface area contributed by atoms with E-state index in [-0.39, 0.29) is 5.91 Å². The van der Waals surface area contributed by atoms with Crippen molar-refractivity contribution in [1.82, 2.24) is 15.1 Å². The molecule has 0 bridgehead atoms. The molecule has 29 heavy (non-hydrogen) atoms. The van der Waals surface area contributed by atoms with E-state index in [4.69, 9.17) is 0 Å². The van der Waals surface area contributed by atoms with E-state index in [9.17, 15) is 4.79 Å². The number of hydrogen-bond acceptors (Lipinski definition) is 3. The molecular formula is C24H28N4O. The highest BCUT2D eigenvalue weighted by Crippen LogP contribution is 2.24. The third-order valence-electron chi connectivity index (χ3n) is 5.88. The zero-order valence-electron chi connectivity index (χ0n) is 17.6. The van der Waals surface area contributed by atoms with Gasteiger partial charge in [-0.1, -0.05) is 24.3 Å². The fourth-order valence-corrected chi connectivity index (χ4v) is 3.86. The van der Waals surface area contributed by atoms with Crippen LogP contribution in [0.5, 0.6) is 0 Å². The van der Waals surface area contributed by atoms with Crippen molar-refractivity contribution in [2.45, 2.75) is 27.7 Å². The molecule has 4 rings (SSSR count). The van der Waals surface area contributed by atoms with Crippen molar-refractivity contribution in [3.63, 3.8) is 0 Å². The number of H-pyrrole nitrogens is 1. The third kappa shape index (κ3) is 3.90. The number of rotatable bonds is 3. The summed E-state index contributed by atoms with van der Waals surface area (Å²) in [6.07, 6.45) is 0. The first-order valence-corrected chi connectivity index (χ1v) is 10.2. The molecule has 2 aromatic carbocycles. The molecule has 1 aliphatic heterocycles. The van der Waals surface area contributed by atoms with Gasteiger partial charge in [-0.25, -0.2) is 0 Å². The average molecular weight is 389 g/mol. The molecule has 2 heterocycles. The quantitative estimate of drug-likeness (QED) is 0.729. The number of nitrogens with zero attached hydrogens (tertiary/aromatic N) is 3. The van der Waals surface area contributed by atoms with Crippen LogP contribution in [0.3, 0.4) is 0 Å². The van der Waals surface area contributed by atoms with Crippen LogP contribution in [0.15, 0.2) is 42.5 Å². The first kappa shape index (κ1) is 19.2. The van der Waals surface area contributed by atoms with Crippen LogP contribution in [0.1, 0.15) is 32.7 Å². The third-order valence-corrected chi connectivity index (χ3v) is 5.88. The number of aromatic nitrogens is 2. The first-order valence-electron chi connectivity index (χ1n) is 10.2. The summed E-state index contributed by atoms with van der Waals surface area (Å²) in [7, 11) is 0. The summed E-state index contributed by atoms with van der Waals surface area (Å²) in [4.78, 5) is 17.3. The number of amides is 1. The minimum Gasteiger partial charge on any atom is -0.368 e. The Bertz CT molecular complexity index is 1040. The summed E-state index contributed by atoms with van der Waals surface area (Å²) in [5, 5.41) is 7.31. The summed E-state index contributed by atoms with van der Waals surface area (Å²) in [5.41, 5.74) is 8.69. The van der Waals surface area contributed by atoms with Gasteiger partial charge in [0, 0.05) is 37.4 Å². The van der Waals surface area contributed by atoms with Gasteiger partial charge in [-0.05, 0) is 68.1 Å². The van der Waals surface area contributed by atoms with Crippen LogP contribution in [0.4, 0.5) is 5.69 Å². The molecule has 1 N–H and O–H groups in total. The van der Waals surface area contributed by atoms with Crippen LogP contribution in [0, 0.1) is 27.7 Å². The lowest BCUT2D eigenvalue weighted by atomic mass is 10.0. The minimum atomic E-state index is 0.0215. The Kier molecular flexibility index (Phi) is 5.14. The fraction of sp³-hybridized carbons (Fsp3) is 0.333. The highest BCUT2D eigenvalue weighted by molar-refractivity contribution is 5.93. The van der Waals surface area contributed by atoms with Crippen LogP contribution in [0.25, 0.3) is 11.3 Å². The van der Waals surface area contributed by atoms with Crippen molar-refractivity contribution in [2.75, 3.05) is 31.1 Å². The molecule has 0 unspecified atom stereocenters. The van der Waals surface area contributed by atoms with Crippen LogP contribution in [-0.4, -0.2) is 47.2 Å². The Labute approximate surface area is 172 Å². The fourth-order valence-electron chi connectivity index (χ4n) is 3.86. The standard InChI is InChI=1S/C24H28N4O/c1-16-5-6-18(3)23(13-16)27-9-11-28(12-10-27)24(29)22-15-21(25-26-22)20-8-7-17(2)19(4)14-20/h5-8,13-15H,9-12H2,1-4H3,(H,25,26). The van der Waals surface area contributed by atoms with Crippen molar-refractivity contribution in [1.29, 1.82) is 0 Å². The predicted octanol–water partition coefficient (Wildman–Crippen LogP) is 4.27. The highest BCUT2D eigenvalue weighted by atomic mass is 16.2. The SMILES string of the molecule is Cc1ccc(C)c(N2CCN(C(=O)c3cc(-c4ccc(C)c(C)c4)n[nH]3)CC2)c1. The Morgan fingerprint density at radius 2 is 1.59 bits per heavy atom. The van der Waals surface area contributed by atoms with Gasteiger partial charge in [0.2, 0.25) is 0 Å². The molecule has 0 aliphatic carbocycles. The highest BCUT2D eigenvalue weighted by Gasteiger charge is 2.24. The molecule has 0 atom stereocenters. The number of nitrogens with one attached hydrogen (secondary N) is 1. The molecule has 1 aromatic heterocycles. The van der Waals surface area contributed by atoms with Gasteiger partial charge in [0.25, 0.3) is 5.91 Å². The summed E-state index contributed by atoms with van der Waals surface area (Å²) in [5.74, 6) is 0.0215. The van der Waals surface area contributed by atoms with Crippen LogP contribution in [-0.2, 0) is 0 Å². The molecule has 150 valence electrons. The zero-order chi connectivity index (χ0) is 20.5. The van der Waals surface area contributed by atoms with E-state index in [1.54, 1.807) is 0 Å². The molecule has 0 saturated carbocycles. The summed E-state index contributed by atoms with van der Waals surface area (Å²) < 4.78 is 0. The monoisotopic (exact) mass is 388 g/mol. The predicted molar refractivity (Wildman–Crippen MR) is 118 cm³/mol. The van der Waals surface area contributed by atoms with Crippen molar-refractivity contribution in [3.8, 4) is 11.3 Å². The summed E-state index contributed by atoms with van der Waals surface area (Å²) >= 11 is 0. The second kappa shape index (κ2) is 7.74. The van der Waals surface area contributed by atoms with Crippen molar-refractivity contribution in [3.05, 3.63) is 70.4 Å². The van der Waals surface area contributed by atoms with E-state index < -0.39 is 0 Å². The second-order valence-corrected chi connectivity index (χ2v) is 8.04. The van der Waals surface area contributed by atoms with E-state index >= 15 is 0 Å². The second-order valence-electron chi connectivity index (χ2n) is 8.04. The molecule has 3 aromatic rings. The van der Waals surface area contributed by atoms with Gasteiger partial charge < -0.3 is 9.80 Å². The number of piperazine rings is 1. The average Bonchev–Trinajstić information content (AvgIpc) is 3.22. The van der Waals surface area contributed by atoms with Gasteiger partial charge in [0.15, 0.2) is 0 Å². The van der Waals surface area contributed by atoms with E-state index in [1.165, 1.54) is 27.9 Å². The molecule has 1 saturated heterocycles. The first-order chi connectivity index (χ1) is 13.9. The zero-order valence-corrected chi connectivity index (χ0v) is 17.6. The number of anilines is 1. The summed E-state index contributed by atoms with van der Waals surface area (Å²) in [6, 6.07) is 14.7. The molecule has 5 nitrogen and oxygen atoms in total. The minimum absolute atomic E-state index is 0.0215. The number of carbonyl (C=O) groups excluding carboxylic acids is 1. The van der Waals surface area contributed by atoms with E-state index in [0.717, 1.165) is 24.3 Å². The molecule has 1 fully saturated rings. The molecule has 1 aliphatic rings. The smallest absolute Gasteiger partial charge is 0.272 e. The molecule has 0 radical (unpaired) electrons. The van der Waals surface area contributed by atoms with Gasteiger partial charge in [-0.3, -0.25) is 9.89 Å². The number of carbonyl (C=O) groups is 1. The van der Waals surface area contributed by atoms with Crippen molar-refractivity contribution < 1.29 is 4.79 Å². The van der Waals surface area contributed by atoms with Crippen LogP contribution in [0.2, 0.25) is 0 Å². The number of aryl methyl sites for hydroxylation is 4. The van der Waals surface area contributed by atoms with Crippen molar-refractivity contribution in [2.24, 2.45) is 0 Å². The van der Waals surface area contributed by atoms with E-state index in [2.05, 4.69) is 79.2 Å². The van der Waals surface area contributed by atoms with E-state index in [0.29, 0.717) is 18.8 Å². The largest absolute Gasteiger partial charge is 0.368 e. The maximum Gasteiger partial charge on any atom is 0.272 e.